The van der Waals surface area contributed by atoms with Crippen LogP contribution in [0.1, 0.15) is 50.2 Å². The van der Waals surface area contributed by atoms with Crippen LogP contribution >= 0.6 is 0 Å². The Hall–Kier alpha value is -3.91. The number of carbonyl (C=O) groups excluding carboxylic acids is 3. The number of unbranched alkanes of at least 4 members (excludes halogenated alkanes) is 1. The van der Waals surface area contributed by atoms with Gasteiger partial charge in [-0.3, -0.25) is 14.4 Å². The fourth-order valence-electron chi connectivity index (χ4n) is 4.01. The van der Waals surface area contributed by atoms with Gasteiger partial charge in [-0.2, -0.15) is 0 Å². The molecule has 0 saturated carbocycles. The van der Waals surface area contributed by atoms with Gasteiger partial charge in [0.1, 0.15) is 18.5 Å². The molecule has 2 aromatic carbocycles. The summed E-state index contributed by atoms with van der Waals surface area (Å²) in [5.74, 6) is -0.891. The summed E-state index contributed by atoms with van der Waals surface area (Å²) in [6.45, 7) is 9.39. The van der Waals surface area contributed by atoms with Gasteiger partial charge in [0.25, 0.3) is 0 Å². The number of hydrogen-bond acceptors (Lipinski definition) is 6. The molecule has 3 unspecified atom stereocenters. The number of amides is 2. The van der Waals surface area contributed by atoms with Gasteiger partial charge >= 0.3 is 5.97 Å². The molecule has 2 rings (SSSR count). The van der Waals surface area contributed by atoms with E-state index < -0.39 is 18.1 Å². The fraction of sp³-hybridized carbons (Fsp3) is 0.406. The summed E-state index contributed by atoms with van der Waals surface area (Å²) in [5, 5.41) is 15.4. The normalized spacial score (nSPS) is 12.8. The molecule has 0 bridgehead atoms. The first-order valence-corrected chi connectivity index (χ1v) is 13.7. The molecule has 216 valence electrons. The minimum atomic E-state index is -0.631. The number of benzene rings is 2. The van der Waals surface area contributed by atoms with Crippen LogP contribution in [-0.4, -0.2) is 48.2 Å². The number of allylic oxidation sites excluding steroid dienone is 2. The van der Waals surface area contributed by atoms with Gasteiger partial charge in [-0.1, -0.05) is 54.6 Å². The van der Waals surface area contributed by atoms with Crippen molar-refractivity contribution < 1.29 is 29.0 Å². The summed E-state index contributed by atoms with van der Waals surface area (Å²) >= 11 is 0. The molecule has 8 heteroatoms. The van der Waals surface area contributed by atoms with Crippen molar-refractivity contribution in [1.82, 2.24) is 10.6 Å². The average Bonchev–Trinajstić information content (AvgIpc) is 2.95. The van der Waals surface area contributed by atoms with Crippen molar-refractivity contribution in [2.24, 2.45) is 5.92 Å². The van der Waals surface area contributed by atoms with Crippen molar-refractivity contribution in [3.05, 3.63) is 91.0 Å². The first-order valence-electron chi connectivity index (χ1n) is 13.7. The lowest BCUT2D eigenvalue weighted by molar-refractivity contribution is -0.148. The number of rotatable bonds is 19. The monoisotopic (exact) mass is 550 g/mol. The molecular formula is C32H42N2O6. The first kappa shape index (κ1) is 32.3. The maximum atomic E-state index is 12.7. The Morgan fingerprint density at radius 2 is 1.73 bits per heavy atom. The summed E-state index contributed by atoms with van der Waals surface area (Å²) in [7, 11) is 0. The highest BCUT2D eigenvalue weighted by molar-refractivity contribution is 5.86. The number of hydrogen-bond donors (Lipinski definition) is 3. The zero-order valence-corrected chi connectivity index (χ0v) is 23.3. The van der Waals surface area contributed by atoms with E-state index in [4.69, 9.17) is 9.47 Å². The second-order valence-corrected chi connectivity index (χ2v) is 9.72. The van der Waals surface area contributed by atoms with Crippen LogP contribution in [0.2, 0.25) is 0 Å². The number of aliphatic hydroxyl groups is 1. The smallest absolute Gasteiger partial charge is 0.306 e. The SMILES string of the molecule is C=CCCCC(=O)OC(C)CNC(=O)C(CC=C)CC(=O)NC(CO)Cc1ccc(OCc2ccccc2)cc1. The highest BCUT2D eigenvalue weighted by atomic mass is 16.5. The quantitative estimate of drug-likeness (QED) is 0.137. The zero-order chi connectivity index (χ0) is 29.2. The third-order valence-corrected chi connectivity index (χ3v) is 6.18. The lowest BCUT2D eigenvalue weighted by Crippen LogP contribution is -2.42. The molecular weight excluding hydrogens is 508 g/mol. The molecule has 40 heavy (non-hydrogen) atoms. The van der Waals surface area contributed by atoms with E-state index in [1.165, 1.54) is 0 Å². The predicted molar refractivity (Wildman–Crippen MR) is 155 cm³/mol. The van der Waals surface area contributed by atoms with E-state index in [1.54, 1.807) is 19.1 Å². The van der Waals surface area contributed by atoms with Crippen LogP contribution in [0, 0.1) is 5.92 Å². The summed E-state index contributed by atoms with van der Waals surface area (Å²) in [6, 6.07) is 16.9. The van der Waals surface area contributed by atoms with Crippen LogP contribution < -0.4 is 15.4 Å². The van der Waals surface area contributed by atoms with Crippen molar-refractivity contribution >= 4 is 17.8 Å². The number of nitrogens with one attached hydrogen (secondary N) is 2. The first-order chi connectivity index (χ1) is 19.3. The van der Waals surface area contributed by atoms with Crippen molar-refractivity contribution in [3.63, 3.8) is 0 Å². The van der Waals surface area contributed by atoms with Crippen molar-refractivity contribution in [1.29, 1.82) is 0 Å². The third-order valence-electron chi connectivity index (χ3n) is 6.18. The summed E-state index contributed by atoms with van der Waals surface area (Å²) in [4.78, 5) is 37.3. The van der Waals surface area contributed by atoms with E-state index in [0.717, 1.165) is 23.3 Å². The molecule has 0 radical (unpaired) electrons. The molecule has 0 aliphatic rings. The second kappa shape index (κ2) is 18.4. The van der Waals surface area contributed by atoms with Gasteiger partial charge in [0.15, 0.2) is 0 Å². The standard InChI is InChI=1S/C32H42N2O6/c1-4-6-8-14-31(37)40-24(3)21-33-32(38)27(11-5-2)20-30(36)34-28(22-35)19-25-15-17-29(18-16-25)39-23-26-12-9-7-10-13-26/h4-5,7,9-10,12-13,15-18,24,27-28,35H,1-2,6,8,11,14,19-23H2,3H3,(H,33,38)(H,34,36). The van der Waals surface area contributed by atoms with Crippen LogP contribution in [0.25, 0.3) is 0 Å². The maximum absolute atomic E-state index is 12.7. The lowest BCUT2D eigenvalue weighted by atomic mass is 9.99. The minimum Gasteiger partial charge on any atom is -0.489 e. The van der Waals surface area contributed by atoms with E-state index in [2.05, 4.69) is 23.8 Å². The fourth-order valence-corrected chi connectivity index (χ4v) is 4.01. The topological polar surface area (TPSA) is 114 Å². The molecule has 2 amide bonds. The molecule has 0 aromatic heterocycles. The number of aliphatic hydroxyl groups excluding tert-OH is 1. The Morgan fingerprint density at radius 1 is 1.00 bits per heavy atom. The highest BCUT2D eigenvalue weighted by Crippen LogP contribution is 2.16. The molecule has 0 spiro atoms. The van der Waals surface area contributed by atoms with Crippen LogP contribution in [0.4, 0.5) is 0 Å². The molecule has 0 aliphatic carbocycles. The van der Waals surface area contributed by atoms with E-state index in [-0.39, 0.29) is 37.4 Å². The number of carbonyl (C=O) groups is 3. The van der Waals surface area contributed by atoms with Crippen molar-refractivity contribution in [2.75, 3.05) is 13.2 Å². The molecule has 2 aromatic rings. The average molecular weight is 551 g/mol. The largest absolute Gasteiger partial charge is 0.489 e. The van der Waals surface area contributed by atoms with Crippen LogP contribution in [0.15, 0.2) is 79.9 Å². The van der Waals surface area contributed by atoms with E-state index >= 15 is 0 Å². The Kier molecular flexibility index (Phi) is 14.9. The summed E-state index contributed by atoms with van der Waals surface area (Å²) < 4.78 is 11.1. The Bertz CT molecular complexity index is 1070. The third kappa shape index (κ3) is 12.8. The van der Waals surface area contributed by atoms with Gasteiger partial charge in [-0.25, -0.2) is 0 Å². The molecule has 8 nitrogen and oxygen atoms in total. The van der Waals surface area contributed by atoms with Gasteiger partial charge in [-0.05, 0) is 55.9 Å². The molecule has 3 N–H and O–H groups in total. The van der Waals surface area contributed by atoms with E-state index in [0.29, 0.717) is 32.3 Å². The minimum absolute atomic E-state index is 0.0592. The maximum Gasteiger partial charge on any atom is 0.306 e. The van der Waals surface area contributed by atoms with Gasteiger partial charge in [0.2, 0.25) is 11.8 Å². The van der Waals surface area contributed by atoms with E-state index in [1.807, 2.05) is 54.6 Å². The van der Waals surface area contributed by atoms with Crippen molar-refractivity contribution in [2.45, 2.75) is 64.2 Å². The predicted octanol–water partition coefficient (Wildman–Crippen LogP) is 4.27. The second-order valence-electron chi connectivity index (χ2n) is 9.72. The van der Waals surface area contributed by atoms with Gasteiger partial charge in [0.05, 0.1) is 25.1 Å². The van der Waals surface area contributed by atoms with E-state index in [9.17, 15) is 19.5 Å². The number of ether oxygens (including phenoxy) is 2. The van der Waals surface area contributed by atoms with Gasteiger partial charge < -0.3 is 25.2 Å². The Balaban J connectivity index is 1.80. The van der Waals surface area contributed by atoms with Gasteiger partial charge in [-0.15, -0.1) is 13.2 Å². The zero-order valence-electron chi connectivity index (χ0n) is 23.3. The number of esters is 1. The van der Waals surface area contributed by atoms with Crippen LogP contribution in [-0.2, 0) is 32.1 Å². The molecule has 3 atom stereocenters. The highest BCUT2D eigenvalue weighted by Gasteiger charge is 2.23. The summed E-state index contributed by atoms with van der Waals surface area (Å²) in [6.07, 6.45) is 5.21. The Morgan fingerprint density at radius 3 is 2.38 bits per heavy atom. The van der Waals surface area contributed by atoms with Crippen LogP contribution in [0.3, 0.4) is 0 Å². The molecule has 0 fully saturated rings. The summed E-state index contributed by atoms with van der Waals surface area (Å²) in [5.41, 5.74) is 2.01. The van der Waals surface area contributed by atoms with Crippen molar-refractivity contribution in [3.8, 4) is 5.75 Å². The molecule has 0 heterocycles. The Labute approximate surface area is 237 Å². The van der Waals surface area contributed by atoms with Gasteiger partial charge in [0, 0.05) is 12.8 Å². The van der Waals surface area contributed by atoms with Crippen LogP contribution in [0.5, 0.6) is 5.75 Å². The molecule has 0 aliphatic heterocycles. The molecule has 0 saturated heterocycles. The lowest BCUT2D eigenvalue weighted by Gasteiger charge is -2.20.